The molecule has 13 heteroatoms. The van der Waals surface area contributed by atoms with Crippen molar-refractivity contribution in [2.24, 2.45) is 5.92 Å². The molecule has 42 heavy (non-hydrogen) atoms. The number of aromatic amines is 1. The summed E-state index contributed by atoms with van der Waals surface area (Å²) in [5.74, 6) is 0.100. The van der Waals surface area contributed by atoms with Crippen molar-refractivity contribution in [3.05, 3.63) is 12.7 Å². The van der Waals surface area contributed by atoms with Crippen LogP contribution in [0.15, 0.2) is 12.7 Å². The molecule has 3 rings (SSSR count). The molecule has 0 aromatic carbocycles. The van der Waals surface area contributed by atoms with Gasteiger partial charge in [-0.25, -0.2) is 15.0 Å². The van der Waals surface area contributed by atoms with Gasteiger partial charge in [-0.2, -0.15) is 0 Å². The maximum Gasteiger partial charge on any atom is 0.239 e. The molecule has 0 radical (unpaired) electrons. The van der Waals surface area contributed by atoms with Crippen LogP contribution in [0.1, 0.15) is 90.9 Å². The van der Waals surface area contributed by atoms with Crippen molar-refractivity contribution in [2.45, 2.75) is 127 Å². The minimum Gasteiger partial charge on any atom is -0.388 e. The van der Waals surface area contributed by atoms with Crippen molar-refractivity contribution in [1.82, 2.24) is 30.6 Å². The number of imidazole rings is 1. The number of nitrogens with zero attached hydrogens (tertiary/aromatic N) is 3. The third kappa shape index (κ3) is 10.1. The molecule has 1 saturated carbocycles. The number of aromatic nitrogens is 4. The minimum atomic E-state index is -1.61. The van der Waals surface area contributed by atoms with Gasteiger partial charge in [-0.05, 0) is 12.3 Å². The molecule has 4 atom stereocenters. The number of hydrogen-bond acceptors (Lipinski definition) is 10. The fraction of sp³-hybridized carbons (Fsp3) is 0.759. The molecule has 2 heterocycles. The Morgan fingerprint density at radius 2 is 1.36 bits per heavy atom. The van der Waals surface area contributed by atoms with Gasteiger partial charge in [0.1, 0.15) is 36.3 Å². The molecular weight excluding hydrogens is 542 g/mol. The molecule has 0 spiro atoms. The predicted molar refractivity (Wildman–Crippen MR) is 158 cm³/mol. The van der Waals surface area contributed by atoms with E-state index >= 15 is 0 Å². The number of fused-ring (bicyclic) bond motifs is 1. The van der Waals surface area contributed by atoms with Crippen molar-refractivity contribution in [3.8, 4) is 0 Å². The van der Waals surface area contributed by atoms with Gasteiger partial charge in [0, 0.05) is 6.42 Å². The molecule has 1 fully saturated rings. The lowest BCUT2D eigenvalue weighted by molar-refractivity contribution is -0.145. The Hall–Kier alpha value is -2.87. The number of aliphatic hydroxyl groups is 4. The van der Waals surface area contributed by atoms with Crippen molar-refractivity contribution in [3.63, 3.8) is 0 Å². The first-order valence-electron chi connectivity index (χ1n) is 15.4. The van der Waals surface area contributed by atoms with Crippen LogP contribution in [-0.2, 0) is 9.59 Å². The van der Waals surface area contributed by atoms with E-state index in [1.807, 2.05) is 0 Å². The summed E-state index contributed by atoms with van der Waals surface area (Å²) < 4.78 is 0. The average Bonchev–Trinajstić information content (AvgIpc) is 3.46. The fourth-order valence-electron chi connectivity index (χ4n) is 5.38. The Bertz CT molecular complexity index is 1080. The molecule has 0 aliphatic heterocycles. The SMILES string of the molecule is CC(C)CCCCCCCCCCCCC(=O)NCC(=O)NC1C(O)C(O)C(Nc2ncnc3nc[nH]c23)C(O)C1O. The van der Waals surface area contributed by atoms with E-state index in [0.717, 1.165) is 25.2 Å². The van der Waals surface area contributed by atoms with Gasteiger partial charge in [-0.3, -0.25) is 9.59 Å². The van der Waals surface area contributed by atoms with Crippen molar-refractivity contribution >= 4 is 28.8 Å². The number of carbonyl (C=O) groups excluding carboxylic acids is 2. The van der Waals surface area contributed by atoms with Crippen LogP contribution in [0.5, 0.6) is 0 Å². The summed E-state index contributed by atoms with van der Waals surface area (Å²) in [5, 5.41) is 50.4. The lowest BCUT2D eigenvalue weighted by Crippen LogP contribution is -2.70. The quantitative estimate of drug-likeness (QED) is 0.117. The summed E-state index contributed by atoms with van der Waals surface area (Å²) in [6, 6.07) is -2.56. The number of unbranched alkanes of at least 4 members (excludes halogenated alkanes) is 9. The van der Waals surface area contributed by atoms with E-state index in [2.05, 4.69) is 49.7 Å². The zero-order valence-electron chi connectivity index (χ0n) is 24.8. The number of H-pyrrole nitrogens is 1. The van der Waals surface area contributed by atoms with E-state index in [4.69, 9.17) is 0 Å². The van der Waals surface area contributed by atoms with Crippen molar-refractivity contribution in [2.75, 3.05) is 11.9 Å². The molecule has 0 saturated heterocycles. The predicted octanol–water partition coefficient (Wildman–Crippen LogP) is 1.53. The molecule has 2 aromatic rings. The first-order valence-corrected chi connectivity index (χ1v) is 15.4. The summed E-state index contributed by atoms with van der Waals surface area (Å²) in [5.41, 5.74) is 0.777. The second kappa shape index (κ2) is 17.3. The zero-order chi connectivity index (χ0) is 30.5. The first-order chi connectivity index (χ1) is 20.2. The Labute approximate surface area is 247 Å². The zero-order valence-corrected chi connectivity index (χ0v) is 24.8. The summed E-state index contributed by atoms with van der Waals surface area (Å²) in [6.45, 7) is 4.19. The molecule has 236 valence electrons. The summed E-state index contributed by atoms with van der Waals surface area (Å²) in [6.07, 6.45) is 9.67. The van der Waals surface area contributed by atoms with E-state index in [1.165, 1.54) is 64.0 Å². The third-order valence-corrected chi connectivity index (χ3v) is 7.91. The van der Waals surface area contributed by atoms with E-state index in [9.17, 15) is 30.0 Å². The second-order valence-electron chi connectivity index (χ2n) is 11.8. The van der Waals surface area contributed by atoms with Crippen LogP contribution in [0.25, 0.3) is 11.2 Å². The normalized spacial score (nSPS) is 24.2. The van der Waals surface area contributed by atoms with Crippen molar-refractivity contribution in [1.29, 1.82) is 0 Å². The minimum absolute atomic E-state index is 0.216. The summed E-state index contributed by atoms with van der Waals surface area (Å²) in [7, 11) is 0. The third-order valence-electron chi connectivity index (χ3n) is 7.91. The van der Waals surface area contributed by atoms with Gasteiger partial charge in [-0.15, -0.1) is 0 Å². The van der Waals surface area contributed by atoms with Crippen LogP contribution in [0.3, 0.4) is 0 Å². The van der Waals surface area contributed by atoms with E-state index in [-0.39, 0.29) is 18.3 Å². The summed E-state index contributed by atoms with van der Waals surface area (Å²) >= 11 is 0. The number of aliphatic hydroxyl groups excluding tert-OH is 4. The van der Waals surface area contributed by atoms with Crippen LogP contribution in [0.2, 0.25) is 0 Å². The number of rotatable bonds is 18. The molecule has 8 N–H and O–H groups in total. The molecule has 1 aliphatic rings. The number of anilines is 1. The summed E-state index contributed by atoms with van der Waals surface area (Å²) in [4.78, 5) is 39.5. The largest absolute Gasteiger partial charge is 0.388 e. The maximum atomic E-state index is 12.4. The van der Waals surface area contributed by atoms with Crippen LogP contribution in [0.4, 0.5) is 5.82 Å². The van der Waals surface area contributed by atoms with Gasteiger partial charge in [0.2, 0.25) is 11.8 Å². The van der Waals surface area contributed by atoms with Crippen LogP contribution >= 0.6 is 0 Å². The van der Waals surface area contributed by atoms with E-state index < -0.39 is 42.4 Å². The molecule has 2 amide bonds. The Kier molecular flexibility index (Phi) is 13.8. The Morgan fingerprint density at radius 1 is 0.786 bits per heavy atom. The Morgan fingerprint density at radius 3 is 1.98 bits per heavy atom. The molecule has 2 aromatic heterocycles. The first kappa shape index (κ1) is 33.6. The monoisotopic (exact) mass is 591 g/mol. The van der Waals surface area contributed by atoms with Gasteiger partial charge >= 0.3 is 0 Å². The molecule has 4 unspecified atom stereocenters. The molecule has 0 bridgehead atoms. The number of nitrogens with one attached hydrogen (secondary N) is 4. The number of hydrogen-bond donors (Lipinski definition) is 8. The fourth-order valence-corrected chi connectivity index (χ4v) is 5.38. The van der Waals surface area contributed by atoms with Crippen molar-refractivity contribution < 1.29 is 30.0 Å². The topological polar surface area (TPSA) is 206 Å². The highest BCUT2D eigenvalue weighted by Crippen LogP contribution is 2.26. The maximum absolute atomic E-state index is 12.4. The highest BCUT2D eigenvalue weighted by atomic mass is 16.4. The highest BCUT2D eigenvalue weighted by Gasteiger charge is 2.49. The van der Waals surface area contributed by atoms with Crippen LogP contribution in [0, 0.1) is 5.92 Å². The Balaban J connectivity index is 1.29. The standard InChI is InChI=1S/C29H49N7O6/c1-18(2)13-11-9-7-5-3-4-6-8-10-12-14-19(37)30-15-20(38)35-21-24(39)26(41)22(27(42)25(21)40)36-29-23-28(32-16-31-23)33-17-34-29/h16-18,21-22,24-27,39-42H,3-15H2,1-2H3,(H,30,37)(H,35,38)(H2,31,32,33,34,36). The number of amides is 2. The molecular formula is C29H49N7O6. The number of carbonyl (C=O) groups is 2. The molecule has 13 nitrogen and oxygen atoms in total. The van der Waals surface area contributed by atoms with E-state index in [1.54, 1.807) is 0 Å². The van der Waals surface area contributed by atoms with Gasteiger partial charge in [-0.1, -0.05) is 78.1 Å². The lowest BCUT2D eigenvalue weighted by atomic mass is 9.81. The van der Waals surface area contributed by atoms with Gasteiger partial charge in [0.15, 0.2) is 11.5 Å². The second-order valence-corrected chi connectivity index (χ2v) is 11.8. The van der Waals surface area contributed by atoms with Gasteiger partial charge in [0.05, 0.1) is 25.0 Å². The van der Waals surface area contributed by atoms with Gasteiger partial charge < -0.3 is 41.4 Å². The van der Waals surface area contributed by atoms with Gasteiger partial charge in [0.25, 0.3) is 0 Å². The highest BCUT2D eigenvalue weighted by molar-refractivity contribution is 5.85. The van der Waals surface area contributed by atoms with Crippen LogP contribution in [-0.4, -0.2) is 95.2 Å². The lowest BCUT2D eigenvalue weighted by Gasteiger charge is -2.44. The molecule has 1 aliphatic carbocycles. The van der Waals surface area contributed by atoms with E-state index in [0.29, 0.717) is 17.6 Å². The van der Waals surface area contributed by atoms with Crippen LogP contribution < -0.4 is 16.0 Å². The average molecular weight is 592 g/mol. The smallest absolute Gasteiger partial charge is 0.239 e.